The minimum absolute atomic E-state index is 0.457. The Morgan fingerprint density at radius 2 is 2.00 bits per heavy atom. The van der Waals surface area contributed by atoms with Crippen molar-refractivity contribution >= 4 is 0 Å². The molecule has 0 radical (unpaired) electrons. The van der Waals surface area contributed by atoms with Gasteiger partial charge in [-0.2, -0.15) is 0 Å². The van der Waals surface area contributed by atoms with Gasteiger partial charge in [-0.15, -0.1) is 0 Å². The number of nitrogens with zero attached hydrogens (tertiary/aromatic N) is 1. The molecule has 1 aliphatic rings. The standard InChI is InChI=1S/C14H22N2O/c1-15-10-12-6-5-7-13(16-12)11-17-14-8-3-2-4-9-14/h5-7,14-15H,2-4,8-11H2,1H3. The lowest BCUT2D eigenvalue weighted by Crippen LogP contribution is -2.17. The molecule has 0 aliphatic heterocycles. The molecule has 1 N–H and O–H groups in total. The highest BCUT2D eigenvalue weighted by Gasteiger charge is 2.13. The zero-order valence-corrected chi connectivity index (χ0v) is 10.6. The van der Waals surface area contributed by atoms with E-state index in [1.54, 1.807) is 0 Å². The van der Waals surface area contributed by atoms with Gasteiger partial charge in [0.25, 0.3) is 0 Å². The average Bonchev–Trinajstić information content (AvgIpc) is 2.39. The molecule has 2 rings (SSSR count). The number of ether oxygens (including phenoxy) is 1. The van der Waals surface area contributed by atoms with E-state index in [-0.39, 0.29) is 0 Å². The van der Waals surface area contributed by atoms with Gasteiger partial charge in [0.15, 0.2) is 0 Å². The topological polar surface area (TPSA) is 34.1 Å². The van der Waals surface area contributed by atoms with Gasteiger partial charge in [-0.25, -0.2) is 0 Å². The molecule has 1 aliphatic carbocycles. The molecule has 1 aromatic rings. The van der Waals surface area contributed by atoms with Gasteiger partial charge in [-0.05, 0) is 32.0 Å². The Morgan fingerprint density at radius 3 is 2.76 bits per heavy atom. The van der Waals surface area contributed by atoms with Crippen LogP contribution in [-0.4, -0.2) is 18.1 Å². The van der Waals surface area contributed by atoms with Gasteiger partial charge in [0.2, 0.25) is 0 Å². The summed E-state index contributed by atoms with van der Waals surface area (Å²) in [6.07, 6.45) is 6.90. The molecule has 0 saturated heterocycles. The maximum absolute atomic E-state index is 5.92. The predicted octanol–water partition coefficient (Wildman–Crippen LogP) is 2.65. The van der Waals surface area contributed by atoms with E-state index in [4.69, 9.17) is 4.74 Å². The molecular weight excluding hydrogens is 212 g/mol. The lowest BCUT2D eigenvalue weighted by molar-refractivity contribution is 0.0152. The van der Waals surface area contributed by atoms with Crippen LogP contribution >= 0.6 is 0 Å². The number of rotatable bonds is 5. The highest BCUT2D eigenvalue weighted by Crippen LogP contribution is 2.21. The maximum atomic E-state index is 5.92. The molecule has 0 aromatic carbocycles. The van der Waals surface area contributed by atoms with E-state index in [2.05, 4.69) is 16.4 Å². The van der Waals surface area contributed by atoms with Crippen molar-refractivity contribution in [2.24, 2.45) is 0 Å². The molecule has 0 unspecified atom stereocenters. The number of hydrogen-bond acceptors (Lipinski definition) is 3. The van der Waals surface area contributed by atoms with Crippen molar-refractivity contribution in [1.29, 1.82) is 0 Å². The molecule has 0 bridgehead atoms. The highest BCUT2D eigenvalue weighted by molar-refractivity contribution is 5.10. The minimum atomic E-state index is 0.457. The second kappa shape index (κ2) is 6.72. The summed E-state index contributed by atoms with van der Waals surface area (Å²) in [7, 11) is 1.94. The Kier molecular flexibility index (Phi) is 4.95. The second-order valence-corrected chi connectivity index (χ2v) is 4.72. The highest BCUT2D eigenvalue weighted by atomic mass is 16.5. The Balaban J connectivity index is 1.83. The molecule has 0 atom stereocenters. The minimum Gasteiger partial charge on any atom is -0.372 e. The van der Waals surface area contributed by atoms with Gasteiger partial charge >= 0.3 is 0 Å². The van der Waals surface area contributed by atoms with Crippen LogP contribution in [-0.2, 0) is 17.9 Å². The number of hydrogen-bond donors (Lipinski definition) is 1. The summed E-state index contributed by atoms with van der Waals surface area (Å²) in [4.78, 5) is 4.56. The van der Waals surface area contributed by atoms with Gasteiger partial charge in [0, 0.05) is 6.54 Å². The summed E-state index contributed by atoms with van der Waals surface area (Å²) in [6.45, 7) is 1.47. The fourth-order valence-corrected chi connectivity index (χ4v) is 2.32. The summed E-state index contributed by atoms with van der Waals surface area (Å²) in [5.41, 5.74) is 2.13. The molecule has 3 heteroatoms. The third-order valence-electron chi connectivity index (χ3n) is 3.24. The molecule has 0 spiro atoms. The quantitative estimate of drug-likeness (QED) is 0.850. The normalized spacial score (nSPS) is 17.2. The number of aromatic nitrogens is 1. The van der Waals surface area contributed by atoms with E-state index in [1.165, 1.54) is 32.1 Å². The van der Waals surface area contributed by atoms with Crippen molar-refractivity contribution < 1.29 is 4.74 Å². The summed E-state index contributed by atoms with van der Waals surface area (Å²) in [5.74, 6) is 0. The lowest BCUT2D eigenvalue weighted by Gasteiger charge is -2.21. The monoisotopic (exact) mass is 234 g/mol. The number of pyridine rings is 1. The largest absolute Gasteiger partial charge is 0.372 e. The maximum Gasteiger partial charge on any atom is 0.0891 e. The van der Waals surface area contributed by atoms with Crippen LogP contribution in [0.3, 0.4) is 0 Å². The van der Waals surface area contributed by atoms with E-state index >= 15 is 0 Å². The zero-order chi connectivity index (χ0) is 11.9. The van der Waals surface area contributed by atoms with Crippen molar-refractivity contribution in [1.82, 2.24) is 10.3 Å². The van der Waals surface area contributed by atoms with Gasteiger partial charge < -0.3 is 10.1 Å². The summed E-state index contributed by atoms with van der Waals surface area (Å²) in [5, 5.41) is 3.11. The van der Waals surface area contributed by atoms with Crippen molar-refractivity contribution in [3.63, 3.8) is 0 Å². The van der Waals surface area contributed by atoms with Crippen molar-refractivity contribution in [3.8, 4) is 0 Å². The predicted molar refractivity (Wildman–Crippen MR) is 68.7 cm³/mol. The first-order valence-corrected chi connectivity index (χ1v) is 6.59. The molecule has 3 nitrogen and oxygen atoms in total. The van der Waals surface area contributed by atoms with E-state index in [0.717, 1.165) is 17.9 Å². The third-order valence-corrected chi connectivity index (χ3v) is 3.24. The van der Waals surface area contributed by atoms with E-state index in [1.807, 2.05) is 19.2 Å². The first-order chi connectivity index (χ1) is 8.38. The Labute approximate surface area is 104 Å². The van der Waals surface area contributed by atoms with Gasteiger partial charge in [-0.3, -0.25) is 4.98 Å². The molecule has 1 heterocycles. The molecular formula is C14H22N2O. The Bertz CT molecular complexity index is 335. The Morgan fingerprint density at radius 1 is 1.24 bits per heavy atom. The van der Waals surface area contributed by atoms with E-state index in [0.29, 0.717) is 12.7 Å². The van der Waals surface area contributed by atoms with Crippen LogP contribution in [0.1, 0.15) is 43.5 Å². The lowest BCUT2D eigenvalue weighted by atomic mass is 9.98. The summed E-state index contributed by atoms with van der Waals surface area (Å²) in [6, 6.07) is 6.14. The van der Waals surface area contributed by atoms with Gasteiger partial charge in [0.1, 0.15) is 0 Å². The fraction of sp³-hybridized carbons (Fsp3) is 0.643. The van der Waals surface area contributed by atoms with Crippen LogP contribution in [0.15, 0.2) is 18.2 Å². The first kappa shape index (κ1) is 12.5. The number of nitrogens with one attached hydrogen (secondary N) is 1. The van der Waals surface area contributed by atoms with Gasteiger partial charge in [0.05, 0.1) is 24.1 Å². The van der Waals surface area contributed by atoms with Gasteiger partial charge in [-0.1, -0.05) is 25.3 Å². The average molecular weight is 234 g/mol. The van der Waals surface area contributed by atoms with Crippen molar-refractivity contribution in [2.45, 2.75) is 51.4 Å². The van der Waals surface area contributed by atoms with Crippen LogP contribution < -0.4 is 5.32 Å². The van der Waals surface area contributed by atoms with Crippen LogP contribution in [0.4, 0.5) is 0 Å². The van der Waals surface area contributed by atoms with Crippen LogP contribution in [0.2, 0.25) is 0 Å². The molecule has 1 aromatic heterocycles. The fourth-order valence-electron chi connectivity index (χ4n) is 2.32. The molecule has 17 heavy (non-hydrogen) atoms. The van der Waals surface area contributed by atoms with Crippen molar-refractivity contribution in [3.05, 3.63) is 29.6 Å². The third kappa shape index (κ3) is 4.10. The SMILES string of the molecule is CNCc1cccc(COC2CCCCC2)n1. The van der Waals surface area contributed by atoms with E-state index < -0.39 is 0 Å². The summed E-state index contributed by atoms with van der Waals surface area (Å²) < 4.78 is 5.92. The van der Waals surface area contributed by atoms with Crippen LogP contribution in [0.5, 0.6) is 0 Å². The molecule has 0 amide bonds. The van der Waals surface area contributed by atoms with Crippen molar-refractivity contribution in [2.75, 3.05) is 7.05 Å². The molecule has 94 valence electrons. The molecule has 1 fully saturated rings. The summed E-state index contributed by atoms with van der Waals surface area (Å²) >= 11 is 0. The van der Waals surface area contributed by atoms with Crippen LogP contribution in [0.25, 0.3) is 0 Å². The zero-order valence-electron chi connectivity index (χ0n) is 10.6. The second-order valence-electron chi connectivity index (χ2n) is 4.72. The Hall–Kier alpha value is -0.930. The molecule has 1 saturated carbocycles. The van der Waals surface area contributed by atoms with Crippen LogP contribution in [0, 0.1) is 0 Å². The van der Waals surface area contributed by atoms with E-state index in [9.17, 15) is 0 Å². The first-order valence-electron chi connectivity index (χ1n) is 6.59. The smallest absolute Gasteiger partial charge is 0.0891 e.